The van der Waals surface area contributed by atoms with Gasteiger partial charge in [0.2, 0.25) is 10.0 Å². The van der Waals surface area contributed by atoms with Gasteiger partial charge in [-0.1, -0.05) is 31.0 Å². The quantitative estimate of drug-likeness (QED) is 0.884. The van der Waals surface area contributed by atoms with E-state index in [0.717, 1.165) is 24.6 Å². The van der Waals surface area contributed by atoms with Gasteiger partial charge >= 0.3 is 0 Å². The highest BCUT2D eigenvalue weighted by molar-refractivity contribution is 7.89. The summed E-state index contributed by atoms with van der Waals surface area (Å²) in [6.07, 6.45) is 5.27. The van der Waals surface area contributed by atoms with E-state index < -0.39 is 10.0 Å². The van der Waals surface area contributed by atoms with Gasteiger partial charge < -0.3 is 4.90 Å². The molecule has 6 heteroatoms. The highest BCUT2D eigenvalue weighted by Crippen LogP contribution is 2.24. The highest BCUT2D eigenvalue weighted by atomic mass is 35.5. The third-order valence-corrected chi connectivity index (χ3v) is 8.08. The van der Waals surface area contributed by atoms with Crippen LogP contribution in [0.3, 0.4) is 0 Å². The summed E-state index contributed by atoms with van der Waals surface area (Å²) < 4.78 is 27.3. The van der Waals surface area contributed by atoms with Gasteiger partial charge in [0, 0.05) is 10.9 Å². The molecule has 2 fully saturated rings. The minimum atomic E-state index is -3.43. The molecule has 1 saturated carbocycles. The van der Waals surface area contributed by atoms with E-state index in [9.17, 15) is 8.42 Å². The van der Waals surface area contributed by atoms with Crippen LogP contribution in [0.15, 0.2) is 23.1 Å². The highest BCUT2D eigenvalue weighted by Gasteiger charge is 2.36. The zero-order valence-corrected chi connectivity index (χ0v) is 16.2. The maximum Gasteiger partial charge on any atom is 0.243 e. The predicted octanol–water partition coefficient (Wildman–Crippen LogP) is 2.12. The molecule has 0 spiro atoms. The van der Waals surface area contributed by atoms with Crippen molar-refractivity contribution >= 4 is 21.6 Å². The Balaban J connectivity index is 1.68. The van der Waals surface area contributed by atoms with Crippen molar-refractivity contribution in [2.75, 3.05) is 26.2 Å². The number of aryl methyl sites for hydroxylation is 1. The summed E-state index contributed by atoms with van der Waals surface area (Å²) in [7, 11) is -3.43. The summed E-state index contributed by atoms with van der Waals surface area (Å²) in [6, 6.07) is 5.73. The molecule has 2 atom stereocenters. The van der Waals surface area contributed by atoms with Gasteiger partial charge in [-0.25, -0.2) is 8.42 Å². The first kappa shape index (κ1) is 18.2. The van der Waals surface area contributed by atoms with Crippen molar-refractivity contribution < 1.29 is 13.3 Å². The minimum absolute atomic E-state index is 0.313. The third kappa shape index (κ3) is 3.64. The van der Waals surface area contributed by atoms with E-state index in [1.807, 2.05) is 6.92 Å². The van der Waals surface area contributed by atoms with Gasteiger partial charge in [0.25, 0.3) is 0 Å². The zero-order chi connectivity index (χ0) is 17.3. The van der Waals surface area contributed by atoms with E-state index in [2.05, 4.69) is 6.92 Å². The number of benzene rings is 1. The van der Waals surface area contributed by atoms with Crippen LogP contribution in [-0.2, 0) is 10.0 Å². The molecule has 0 aromatic heterocycles. The average molecular weight is 372 g/mol. The van der Waals surface area contributed by atoms with Crippen LogP contribution < -0.4 is 4.90 Å². The Morgan fingerprint density at radius 2 is 1.83 bits per heavy atom. The van der Waals surface area contributed by atoms with E-state index in [4.69, 9.17) is 11.6 Å². The molecular formula is C18H28ClN2O2S+. The number of nitrogens with one attached hydrogen (secondary N) is 1. The Labute approximate surface area is 150 Å². The van der Waals surface area contributed by atoms with Crippen molar-refractivity contribution in [1.82, 2.24) is 4.31 Å². The zero-order valence-electron chi connectivity index (χ0n) is 14.6. The van der Waals surface area contributed by atoms with Crippen LogP contribution in [0.1, 0.15) is 38.2 Å². The smallest absolute Gasteiger partial charge is 0.243 e. The molecule has 0 radical (unpaired) electrons. The molecule has 0 amide bonds. The number of sulfonamides is 1. The van der Waals surface area contributed by atoms with Gasteiger partial charge in [-0.3, -0.25) is 0 Å². The van der Waals surface area contributed by atoms with Crippen LogP contribution in [0, 0.1) is 12.8 Å². The lowest BCUT2D eigenvalue weighted by Gasteiger charge is -2.40. The van der Waals surface area contributed by atoms with Gasteiger partial charge in [-0.15, -0.1) is 0 Å². The molecule has 1 saturated heterocycles. The van der Waals surface area contributed by atoms with Crippen LogP contribution in [-0.4, -0.2) is 44.9 Å². The first-order valence-corrected chi connectivity index (χ1v) is 10.8. The number of hydrogen-bond donors (Lipinski definition) is 1. The molecule has 0 unspecified atom stereocenters. The number of hydrogen-bond acceptors (Lipinski definition) is 2. The fourth-order valence-electron chi connectivity index (χ4n) is 4.19. The Morgan fingerprint density at radius 3 is 2.46 bits per heavy atom. The number of halogens is 1. The summed E-state index contributed by atoms with van der Waals surface area (Å²) in [5.74, 6) is 0.757. The largest absolute Gasteiger partial charge is 0.330 e. The second-order valence-corrected chi connectivity index (χ2v) is 9.69. The average Bonchev–Trinajstić information content (AvgIpc) is 2.58. The molecule has 3 rings (SSSR count). The molecule has 1 aliphatic heterocycles. The van der Waals surface area contributed by atoms with Crippen LogP contribution in [0.4, 0.5) is 0 Å². The molecule has 134 valence electrons. The fourth-order valence-corrected chi connectivity index (χ4v) is 5.90. The van der Waals surface area contributed by atoms with E-state index in [1.165, 1.54) is 25.7 Å². The fraction of sp³-hybridized carbons (Fsp3) is 0.667. The van der Waals surface area contributed by atoms with E-state index in [-0.39, 0.29) is 0 Å². The first-order chi connectivity index (χ1) is 11.4. The van der Waals surface area contributed by atoms with Gasteiger partial charge in [-0.05, 0) is 43.9 Å². The Bertz CT molecular complexity index is 684. The van der Waals surface area contributed by atoms with Crippen molar-refractivity contribution in [1.29, 1.82) is 0 Å². The second-order valence-electron chi connectivity index (χ2n) is 7.34. The van der Waals surface area contributed by atoms with Gasteiger partial charge in [0.1, 0.15) is 0 Å². The van der Waals surface area contributed by atoms with Crippen LogP contribution >= 0.6 is 11.6 Å². The van der Waals surface area contributed by atoms with Crippen molar-refractivity contribution in [3.8, 4) is 0 Å². The molecule has 2 aliphatic rings. The Kier molecular flexibility index (Phi) is 5.55. The molecule has 1 heterocycles. The lowest BCUT2D eigenvalue weighted by molar-refractivity contribution is -0.933. The van der Waals surface area contributed by atoms with Crippen molar-refractivity contribution in [3.63, 3.8) is 0 Å². The molecule has 1 N–H and O–H groups in total. The number of quaternary nitrogens is 1. The SMILES string of the molecule is Cc1ccc(S(=O)(=O)N2CC[NH+]([C@H]3CCCC[C@@H]3C)CC2)cc1Cl. The Hall–Kier alpha value is -0.620. The normalized spacial score (nSPS) is 27.3. The monoisotopic (exact) mass is 371 g/mol. The second kappa shape index (κ2) is 7.32. The minimum Gasteiger partial charge on any atom is -0.330 e. The third-order valence-electron chi connectivity index (χ3n) is 5.78. The summed E-state index contributed by atoms with van der Waals surface area (Å²) in [5, 5.41) is 0.511. The maximum absolute atomic E-state index is 12.9. The van der Waals surface area contributed by atoms with E-state index in [1.54, 1.807) is 27.4 Å². The molecule has 0 bridgehead atoms. The van der Waals surface area contributed by atoms with Crippen LogP contribution in [0.5, 0.6) is 0 Å². The summed E-state index contributed by atoms with van der Waals surface area (Å²) in [5.41, 5.74) is 0.899. The summed E-state index contributed by atoms with van der Waals surface area (Å²) >= 11 is 6.11. The van der Waals surface area contributed by atoms with Crippen molar-refractivity contribution in [2.24, 2.45) is 5.92 Å². The molecule has 24 heavy (non-hydrogen) atoms. The predicted molar refractivity (Wildman–Crippen MR) is 97.1 cm³/mol. The summed E-state index contributed by atoms with van der Waals surface area (Å²) in [4.78, 5) is 1.91. The molecule has 4 nitrogen and oxygen atoms in total. The van der Waals surface area contributed by atoms with Gasteiger partial charge in [-0.2, -0.15) is 4.31 Å². The first-order valence-electron chi connectivity index (χ1n) is 9.00. The number of rotatable bonds is 3. The van der Waals surface area contributed by atoms with Crippen molar-refractivity contribution in [2.45, 2.75) is 50.5 Å². The van der Waals surface area contributed by atoms with E-state index >= 15 is 0 Å². The molecule has 1 aromatic rings. The Morgan fingerprint density at radius 1 is 1.17 bits per heavy atom. The topological polar surface area (TPSA) is 41.8 Å². The van der Waals surface area contributed by atoms with Gasteiger partial charge in [0.05, 0.1) is 37.1 Å². The van der Waals surface area contributed by atoms with Crippen LogP contribution in [0.25, 0.3) is 0 Å². The van der Waals surface area contributed by atoms with Crippen molar-refractivity contribution in [3.05, 3.63) is 28.8 Å². The van der Waals surface area contributed by atoms with Crippen LogP contribution in [0.2, 0.25) is 5.02 Å². The molecule has 1 aliphatic carbocycles. The lowest BCUT2D eigenvalue weighted by Crippen LogP contribution is -3.19. The van der Waals surface area contributed by atoms with E-state index in [0.29, 0.717) is 29.0 Å². The lowest BCUT2D eigenvalue weighted by atomic mass is 9.84. The summed E-state index contributed by atoms with van der Waals surface area (Å²) in [6.45, 7) is 7.26. The number of nitrogens with zero attached hydrogens (tertiary/aromatic N) is 1. The maximum atomic E-state index is 12.9. The van der Waals surface area contributed by atoms with Gasteiger partial charge in [0.15, 0.2) is 0 Å². The molecule has 1 aromatic carbocycles. The molecular weight excluding hydrogens is 344 g/mol. The standard InChI is InChI=1S/C18H27ClN2O2S/c1-14-7-8-16(13-17(14)19)24(22,23)21-11-9-20(10-12-21)18-6-4-3-5-15(18)2/h7-8,13,15,18H,3-6,9-12H2,1-2H3/p+1/t15-,18-/m0/s1. The number of piperazine rings is 1.